The molecule has 1 amide bonds. The van der Waals surface area contributed by atoms with Gasteiger partial charge in [-0.15, -0.1) is 0 Å². The molecule has 0 aliphatic heterocycles. The Bertz CT molecular complexity index is 1100. The number of quaternary nitrogens is 1. The van der Waals surface area contributed by atoms with Gasteiger partial charge in [0.15, 0.2) is 0 Å². The van der Waals surface area contributed by atoms with Crippen LogP contribution in [0, 0.1) is 0 Å². The second-order valence-electron chi connectivity index (χ2n) is 17.8. The van der Waals surface area contributed by atoms with Gasteiger partial charge in [-0.3, -0.25) is 9.36 Å². The first-order valence-electron chi connectivity index (χ1n) is 24.5. The number of hydrogen-bond donors (Lipinski definition) is 2. The summed E-state index contributed by atoms with van der Waals surface area (Å²) < 4.78 is 23.2. The number of amides is 1. The predicted octanol–water partition coefficient (Wildman–Crippen LogP) is 13.4. The standard InChI is InChI=1S/C50H95N2O6P/c1-6-8-10-12-14-16-18-20-22-24-25-26-27-28-30-32-34-36-38-40-42-44-50(54)51-48(47-58-59(55,56)57-46-45-52(3,4)5)49(53)43-41-39-37-35-33-31-29-23-21-19-17-15-13-11-9-7-2/h21,23,26-27,33,35,41,43,48-49,53H,6-20,22,24-25,28-32,34,36-40,42,44-47H2,1-5H3,(H-,51,54,55,56)/b23-21+,27-26-,35-33+,43-41+. The first-order chi connectivity index (χ1) is 28.5. The minimum Gasteiger partial charge on any atom is -0.756 e. The van der Waals surface area contributed by atoms with Crippen LogP contribution in [-0.2, 0) is 18.4 Å². The SMILES string of the molecule is CCCCCCCC/C=C/CC/C=C/CC/C=C/C(O)C(COP(=O)([O-])OCC[N+](C)(C)C)NC(=O)CCCCCCCCC/C=C\CCCCCCCCCCCC. The third-order valence-corrected chi connectivity index (χ3v) is 11.7. The van der Waals surface area contributed by atoms with Gasteiger partial charge in [-0.25, -0.2) is 0 Å². The van der Waals surface area contributed by atoms with Gasteiger partial charge in [0.2, 0.25) is 5.91 Å². The molecule has 346 valence electrons. The van der Waals surface area contributed by atoms with Gasteiger partial charge in [0.1, 0.15) is 13.2 Å². The number of likely N-dealkylation sites (N-methyl/N-ethyl adjacent to an activating group) is 1. The van der Waals surface area contributed by atoms with E-state index in [1.165, 1.54) is 148 Å². The monoisotopic (exact) mass is 851 g/mol. The van der Waals surface area contributed by atoms with Crippen molar-refractivity contribution in [2.45, 2.75) is 225 Å². The van der Waals surface area contributed by atoms with Gasteiger partial charge in [-0.1, -0.05) is 184 Å². The molecule has 0 radical (unpaired) electrons. The number of aliphatic hydroxyl groups is 1. The number of carbonyl (C=O) groups excluding carboxylic acids is 1. The second-order valence-corrected chi connectivity index (χ2v) is 19.2. The van der Waals surface area contributed by atoms with Crippen molar-refractivity contribution in [1.82, 2.24) is 5.32 Å². The van der Waals surface area contributed by atoms with Crippen LogP contribution in [0.2, 0.25) is 0 Å². The number of allylic oxidation sites excluding steroid dienone is 7. The first kappa shape index (κ1) is 57.5. The van der Waals surface area contributed by atoms with E-state index >= 15 is 0 Å². The van der Waals surface area contributed by atoms with E-state index in [1.54, 1.807) is 6.08 Å². The quantitative estimate of drug-likeness (QED) is 0.0274. The minimum atomic E-state index is -4.60. The number of nitrogens with one attached hydrogen (secondary N) is 1. The zero-order chi connectivity index (χ0) is 43.6. The third kappa shape index (κ3) is 44.3. The lowest BCUT2D eigenvalue weighted by molar-refractivity contribution is -0.870. The van der Waals surface area contributed by atoms with E-state index in [2.05, 4.69) is 55.6 Å². The van der Waals surface area contributed by atoms with E-state index in [-0.39, 0.29) is 12.5 Å². The van der Waals surface area contributed by atoms with Crippen molar-refractivity contribution in [2.24, 2.45) is 0 Å². The first-order valence-corrected chi connectivity index (χ1v) is 26.0. The summed E-state index contributed by atoms with van der Waals surface area (Å²) in [4.78, 5) is 25.4. The van der Waals surface area contributed by atoms with E-state index in [9.17, 15) is 19.4 Å². The summed E-state index contributed by atoms with van der Waals surface area (Å²) in [5.41, 5.74) is 0. The molecule has 0 saturated heterocycles. The molecule has 0 fully saturated rings. The van der Waals surface area contributed by atoms with Crippen LogP contribution >= 0.6 is 7.82 Å². The van der Waals surface area contributed by atoms with E-state index in [0.29, 0.717) is 17.4 Å². The summed E-state index contributed by atoms with van der Waals surface area (Å²) in [5, 5.41) is 13.8. The van der Waals surface area contributed by atoms with Gasteiger partial charge in [0.25, 0.3) is 7.82 Å². The van der Waals surface area contributed by atoms with E-state index < -0.39 is 26.6 Å². The van der Waals surface area contributed by atoms with Gasteiger partial charge in [0, 0.05) is 6.42 Å². The normalized spacial score (nSPS) is 14.6. The van der Waals surface area contributed by atoms with Crippen molar-refractivity contribution in [3.63, 3.8) is 0 Å². The number of carbonyl (C=O) groups is 1. The lowest BCUT2D eigenvalue weighted by atomic mass is 10.1. The lowest BCUT2D eigenvalue weighted by Crippen LogP contribution is -2.45. The number of unbranched alkanes of at least 4 members (excludes halogenated alkanes) is 25. The molecule has 0 aromatic rings. The van der Waals surface area contributed by atoms with Crippen molar-refractivity contribution in [1.29, 1.82) is 0 Å². The Morgan fingerprint density at radius 2 is 0.949 bits per heavy atom. The Morgan fingerprint density at radius 3 is 1.37 bits per heavy atom. The van der Waals surface area contributed by atoms with Gasteiger partial charge < -0.3 is 28.8 Å². The molecular weight excluding hydrogens is 756 g/mol. The van der Waals surface area contributed by atoms with Crippen molar-refractivity contribution in [3.8, 4) is 0 Å². The van der Waals surface area contributed by atoms with Crippen LogP contribution in [-0.4, -0.2) is 68.5 Å². The number of hydrogen-bond acceptors (Lipinski definition) is 6. The zero-order valence-corrected chi connectivity index (χ0v) is 40.1. The maximum absolute atomic E-state index is 12.9. The Hall–Kier alpha value is -1.54. The van der Waals surface area contributed by atoms with Crippen LogP contribution in [0.15, 0.2) is 48.6 Å². The molecular formula is C50H95N2O6P. The average Bonchev–Trinajstić information content (AvgIpc) is 3.19. The minimum absolute atomic E-state index is 0.0106. The van der Waals surface area contributed by atoms with E-state index in [0.717, 1.165) is 44.9 Å². The highest BCUT2D eigenvalue weighted by atomic mass is 31.2. The van der Waals surface area contributed by atoms with Crippen LogP contribution in [0.5, 0.6) is 0 Å². The number of rotatable bonds is 44. The number of phosphoric ester groups is 1. The second kappa shape index (κ2) is 41.8. The van der Waals surface area contributed by atoms with Gasteiger partial charge >= 0.3 is 0 Å². The largest absolute Gasteiger partial charge is 0.756 e. The van der Waals surface area contributed by atoms with Crippen molar-refractivity contribution in [3.05, 3.63) is 48.6 Å². The molecule has 9 heteroatoms. The molecule has 0 aliphatic carbocycles. The molecule has 59 heavy (non-hydrogen) atoms. The lowest BCUT2D eigenvalue weighted by Gasteiger charge is -2.29. The van der Waals surface area contributed by atoms with Gasteiger partial charge in [-0.2, -0.15) is 0 Å². The van der Waals surface area contributed by atoms with Crippen molar-refractivity contribution in [2.75, 3.05) is 40.9 Å². The molecule has 0 bridgehead atoms. The molecule has 0 aromatic heterocycles. The van der Waals surface area contributed by atoms with Crippen LogP contribution in [0.3, 0.4) is 0 Å². The fourth-order valence-corrected chi connectivity index (χ4v) is 7.55. The summed E-state index contributed by atoms with van der Waals surface area (Å²) >= 11 is 0. The fraction of sp³-hybridized carbons (Fsp3) is 0.820. The highest BCUT2D eigenvalue weighted by Gasteiger charge is 2.23. The number of nitrogens with zero attached hydrogens (tertiary/aromatic N) is 1. The van der Waals surface area contributed by atoms with Crippen LogP contribution in [0.4, 0.5) is 0 Å². The number of phosphoric acid groups is 1. The molecule has 3 atom stereocenters. The predicted molar refractivity (Wildman–Crippen MR) is 251 cm³/mol. The van der Waals surface area contributed by atoms with Crippen LogP contribution in [0.25, 0.3) is 0 Å². The Kier molecular flexibility index (Phi) is 40.7. The summed E-state index contributed by atoms with van der Waals surface area (Å²) in [7, 11) is 1.23. The highest BCUT2D eigenvalue weighted by Crippen LogP contribution is 2.38. The molecule has 2 N–H and O–H groups in total. The molecule has 0 saturated carbocycles. The molecule has 8 nitrogen and oxygen atoms in total. The Labute approximate surface area is 365 Å². The molecule has 0 rings (SSSR count). The van der Waals surface area contributed by atoms with Crippen LogP contribution < -0.4 is 10.2 Å². The summed E-state index contributed by atoms with van der Waals surface area (Å²) in [6.07, 6.45) is 53.1. The number of aliphatic hydroxyl groups excluding tert-OH is 1. The molecule has 0 spiro atoms. The van der Waals surface area contributed by atoms with E-state index in [1.807, 2.05) is 27.2 Å². The van der Waals surface area contributed by atoms with Gasteiger partial charge in [-0.05, 0) is 70.6 Å². The summed E-state index contributed by atoms with van der Waals surface area (Å²) in [5.74, 6) is -0.216. The smallest absolute Gasteiger partial charge is 0.268 e. The highest BCUT2D eigenvalue weighted by molar-refractivity contribution is 7.45. The molecule has 3 unspecified atom stereocenters. The average molecular weight is 851 g/mol. The summed E-state index contributed by atoms with van der Waals surface area (Å²) in [6.45, 7) is 4.61. The maximum atomic E-state index is 12.9. The van der Waals surface area contributed by atoms with Gasteiger partial charge in [0.05, 0.1) is 39.9 Å². The Balaban J connectivity index is 4.40. The van der Waals surface area contributed by atoms with Crippen LogP contribution in [0.1, 0.15) is 213 Å². The zero-order valence-electron chi connectivity index (χ0n) is 39.2. The topological polar surface area (TPSA) is 108 Å². The van der Waals surface area contributed by atoms with Crippen molar-refractivity contribution < 1.29 is 32.9 Å². The molecule has 0 heterocycles. The molecule has 0 aliphatic rings. The van der Waals surface area contributed by atoms with Crippen molar-refractivity contribution >= 4 is 13.7 Å². The third-order valence-electron chi connectivity index (χ3n) is 10.7. The molecule has 0 aromatic carbocycles. The fourth-order valence-electron chi connectivity index (χ4n) is 6.83. The Morgan fingerprint density at radius 1 is 0.576 bits per heavy atom. The van der Waals surface area contributed by atoms with E-state index in [4.69, 9.17) is 9.05 Å². The summed E-state index contributed by atoms with van der Waals surface area (Å²) in [6, 6.07) is -0.911. The maximum Gasteiger partial charge on any atom is 0.268 e.